The number of benzene rings is 3. The second kappa shape index (κ2) is 10.5. The van der Waals surface area contributed by atoms with E-state index in [2.05, 4.69) is 5.32 Å². The van der Waals surface area contributed by atoms with E-state index in [4.69, 9.17) is 9.47 Å². The van der Waals surface area contributed by atoms with Gasteiger partial charge in [0.2, 0.25) is 15.9 Å². The van der Waals surface area contributed by atoms with E-state index in [9.17, 15) is 13.2 Å². The van der Waals surface area contributed by atoms with E-state index in [1.54, 1.807) is 0 Å². The van der Waals surface area contributed by atoms with Crippen molar-refractivity contribution in [1.82, 2.24) is 9.62 Å². The predicted octanol–water partition coefficient (Wildman–Crippen LogP) is 3.54. The Kier molecular flexibility index (Phi) is 7.73. The van der Waals surface area contributed by atoms with Crippen LogP contribution in [0.5, 0.6) is 11.5 Å². The number of carbonyl (C=O) groups excluding carboxylic acids is 1. The normalized spacial score (nSPS) is 12.3. The van der Waals surface area contributed by atoms with E-state index >= 15 is 0 Å². The molecule has 0 radical (unpaired) electrons. The molecule has 3 aromatic rings. The predicted molar refractivity (Wildman–Crippen MR) is 127 cm³/mol. The average Bonchev–Trinajstić information content (AvgIpc) is 2.83. The van der Waals surface area contributed by atoms with Crippen LogP contribution >= 0.6 is 0 Å². The fourth-order valence-corrected chi connectivity index (χ4v) is 4.69. The molecular formula is C25H28N2O5S. The van der Waals surface area contributed by atoms with Gasteiger partial charge in [-0.15, -0.1) is 0 Å². The average molecular weight is 469 g/mol. The van der Waals surface area contributed by atoms with Gasteiger partial charge in [0.15, 0.2) is 11.5 Å². The summed E-state index contributed by atoms with van der Waals surface area (Å²) in [4.78, 5) is 13.0. The maximum absolute atomic E-state index is 13.1. The van der Waals surface area contributed by atoms with Crippen LogP contribution < -0.4 is 14.8 Å². The molecule has 0 saturated heterocycles. The minimum Gasteiger partial charge on any atom is -0.493 e. The van der Waals surface area contributed by atoms with Crippen molar-refractivity contribution in [2.45, 2.75) is 17.9 Å². The number of aryl methyl sites for hydroxylation is 1. The molecule has 1 amide bonds. The number of hydrogen-bond acceptors (Lipinski definition) is 5. The lowest BCUT2D eigenvalue weighted by molar-refractivity contribution is -0.121. The lowest BCUT2D eigenvalue weighted by Gasteiger charge is -2.23. The fraction of sp³-hybridized carbons (Fsp3) is 0.240. The highest BCUT2D eigenvalue weighted by atomic mass is 32.2. The molecule has 1 unspecified atom stereocenters. The Morgan fingerprint density at radius 2 is 1.58 bits per heavy atom. The summed E-state index contributed by atoms with van der Waals surface area (Å²) in [6.07, 6.45) is 0. The molecule has 1 N–H and O–H groups in total. The molecule has 3 rings (SSSR count). The maximum atomic E-state index is 13.1. The van der Waals surface area contributed by atoms with E-state index < -0.39 is 22.0 Å². The van der Waals surface area contributed by atoms with Crippen molar-refractivity contribution in [1.29, 1.82) is 0 Å². The van der Waals surface area contributed by atoms with Crippen LogP contribution in [0.4, 0.5) is 0 Å². The number of amides is 1. The van der Waals surface area contributed by atoms with Gasteiger partial charge in [0.05, 0.1) is 31.7 Å². The zero-order valence-corrected chi connectivity index (χ0v) is 19.9. The van der Waals surface area contributed by atoms with Gasteiger partial charge in [-0.1, -0.05) is 54.6 Å². The van der Waals surface area contributed by atoms with Crippen LogP contribution in [0.3, 0.4) is 0 Å². The fourth-order valence-electron chi connectivity index (χ4n) is 3.55. The standard InChI is InChI=1S/C25H28N2O5S/c1-18-10-8-9-13-21(18)25(19-11-6-5-7-12-19)26-24(28)17-27(2)33(29,30)20-14-15-22(31-3)23(16-20)32-4/h5-16,25H,17H2,1-4H3,(H,26,28). The highest BCUT2D eigenvalue weighted by molar-refractivity contribution is 7.89. The third-order valence-electron chi connectivity index (χ3n) is 5.37. The molecule has 0 saturated carbocycles. The Morgan fingerprint density at radius 3 is 2.21 bits per heavy atom. The highest BCUT2D eigenvalue weighted by Crippen LogP contribution is 2.30. The molecule has 0 aliphatic carbocycles. The number of hydrogen-bond donors (Lipinski definition) is 1. The summed E-state index contributed by atoms with van der Waals surface area (Å²) in [6, 6.07) is 21.3. The Bertz CT molecular complexity index is 1210. The minimum absolute atomic E-state index is 0.00830. The summed E-state index contributed by atoms with van der Waals surface area (Å²) < 4.78 is 37.5. The van der Waals surface area contributed by atoms with Crippen LogP contribution in [0.15, 0.2) is 77.7 Å². The van der Waals surface area contributed by atoms with Gasteiger partial charge in [0.25, 0.3) is 0 Å². The smallest absolute Gasteiger partial charge is 0.243 e. The molecule has 8 heteroatoms. The third-order valence-corrected chi connectivity index (χ3v) is 7.17. The van der Waals surface area contributed by atoms with Crippen molar-refractivity contribution in [3.8, 4) is 11.5 Å². The van der Waals surface area contributed by atoms with E-state index in [1.165, 1.54) is 39.5 Å². The first kappa shape index (κ1) is 24.3. The Morgan fingerprint density at radius 1 is 0.939 bits per heavy atom. The van der Waals surface area contributed by atoms with Gasteiger partial charge in [-0.25, -0.2) is 8.42 Å². The quantitative estimate of drug-likeness (QED) is 0.519. The molecule has 0 heterocycles. The minimum atomic E-state index is -3.93. The number of sulfonamides is 1. The topological polar surface area (TPSA) is 84.9 Å². The third kappa shape index (κ3) is 5.53. The monoisotopic (exact) mass is 468 g/mol. The first-order valence-corrected chi connectivity index (χ1v) is 11.8. The van der Waals surface area contributed by atoms with Gasteiger partial charge < -0.3 is 14.8 Å². The van der Waals surface area contributed by atoms with E-state index in [1.807, 2.05) is 61.5 Å². The second-order valence-electron chi connectivity index (χ2n) is 7.55. The van der Waals surface area contributed by atoms with Crippen LogP contribution in [0.1, 0.15) is 22.7 Å². The summed E-state index contributed by atoms with van der Waals surface area (Å²) in [7, 11) is 0.348. The lowest BCUT2D eigenvalue weighted by Crippen LogP contribution is -2.40. The van der Waals surface area contributed by atoms with Gasteiger partial charge in [-0.05, 0) is 35.7 Å². The van der Waals surface area contributed by atoms with Crippen molar-refractivity contribution < 1.29 is 22.7 Å². The summed E-state index contributed by atoms with van der Waals surface area (Å²) in [5, 5.41) is 3.00. The van der Waals surface area contributed by atoms with Crippen molar-refractivity contribution in [3.63, 3.8) is 0 Å². The largest absolute Gasteiger partial charge is 0.493 e. The Hall–Kier alpha value is -3.36. The van der Waals surface area contributed by atoms with E-state index in [0.717, 1.165) is 21.0 Å². The van der Waals surface area contributed by atoms with Gasteiger partial charge >= 0.3 is 0 Å². The lowest BCUT2D eigenvalue weighted by atomic mass is 9.95. The molecule has 0 spiro atoms. The van der Waals surface area contributed by atoms with E-state index in [-0.39, 0.29) is 11.4 Å². The number of carbonyl (C=O) groups is 1. The van der Waals surface area contributed by atoms with Crippen LogP contribution in [0, 0.1) is 6.92 Å². The second-order valence-corrected chi connectivity index (χ2v) is 9.59. The van der Waals surface area contributed by atoms with Crippen molar-refractivity contribution in [2.24, 2.45) is 0 Å². The maximum Gasteiger partial charge on any atom is 0.243 e. The molecule has 33 heavy (non-hydrogen) atoms. The molecular weight excluding hydrogens is 440 g/mol. The number of ether oxygens (including phenoxy) is 2. The SMILES string of the molecule is COc1ccc(S(=O)(=O)N(C)CC(=O)NC(c2ccccc2)c2ccccc2C)cc1OC. The van der Waals surface area contributed by atoms with Gasteiger partial charge in [0.1, 0.15) is 0 Å². The first-order chi connectivity index (χ1) is 15.8. The van der Waals surface area contributed by atoms with Crippen LogP contribution in [-0.2, 0) is 14.8 Å². The van der Waals surface area contributed by atoms with Gasteiger partial charge in [-0.3, -0.25) is 4.79 Å². The summed E-state index contributed by atoms with van der Waals surface area (Å²) >= 11 is 0. The van der Waals surface area contributed by atoms with Gasteiger partial charge in [0, 0.05) is 13.1 Å². The highest BCUT2D eigenvalue weighted by Gasteiger charge is 2.26. The zero-order chi connectivity index (χ0) is 24.0. The molecule has 0 bridgehead atoms. The number of rotatable bonds is 9. The number of likely N-dealkylation sites (N-methyl/N-ethyl adjacent to an activating group) is 1. The summed E-state index contributed by atoms with van der Waals surface area (Å²) in [6.45, 7) is 1.64. The Labute approximate surface area is 195 Å². The number of nitrogens with one attached hydrogen (secondary N) is 1. The summed E-state index contributed by atoms with van der Waals surface area (Å²) in [5.41, 5.74) is 2.88. The van der Waals surface area contributed by atoms with E-state index in [0.29, 0.717) is 11.5 Å². The van der Waals surface area contributed by atoms with Crippen LogP contribution in [-0.4, -0.2) is 46.4 Å². The Balaban J connectivity index is 1.82. The summed E-state index contributed by atoms with van der Waals surface area (Å²) in [5.74, 6) is 0.291. The molecule has 1 atom stereocenters. The van der Waals surface area contributed by atoms with Crippen molar-refractivity contribution in [3.05, 3.63) is 89.5 Å². The van der Waals surface area contributed by atoms with Crippen molar-refractivity contribution >= 4 is 15.9 Å². The van der Waals surface area contributed by atoms with Crippen LogP contribution in [0.2, 0.25) is 0 Å². The van der Waals surface area contributed by atoms with Gasteiger partial charge in [-0.2, -0.15) is 4.31 Å². The van der Waals surface area contributed by atoms with Crippen molar-refractivity contribution in [2.75, 3.05) is 27.8 Å². The number of methoxy groups -OCH3 is 2. The molecule has 174 valence electrons. The first-order valence-electron chi connectivity index (χ1n) is 10.4. The molecule has 0 aliphatic heterocycles. The molecule has 3 aromatic carbocycles. The van der Waals surface area contributed by atoms with Crippen LogP contribution in [0.25, 0.3) is 0 Å². The molecule has 0 aliphatic rings. The molecule has 7 nitrogen and oxygen atoms in total. The number of nitrogens with zero attached hydrogens (tertiary/aromatic N) is 1. The molecule has 0 fully saturated rings. The zero-order valence-electron chi connectivity index (χ0n) is 19.1. The molecule has 0 aromatic heterocycles.